The van der Waals surface area contributed by atoms with Crippen LogP contribution in [0.1, 0.15) is 37.4 Å². The van der Waals surface area contributed by atoms with Crippen molar-refractivity contribution in [2.45, 2.75) is 32.7 Å². The fourth-order valence-electron chi connectivity index (χ4n) is 2.27. The predicted octanol–water partition coefficient (Wildman–Crippen LogP) is 4.37. The average Bonchev–Trinajstić information content (AvgIpc) is 2.56. The SMILES string of the molecule is CCCNC(COc1ccccc1)c1ccc(CC)cc1. The van der Waals surface area contributed by atoms with Gasteiger partial charge in [0.1, 0.15) is 12.4 Å². The first-order valence-electron chi connectivity index (χ1n) is 7.83. The van der Waals surface area contributed by atoms with Crippen LogP contribution in [0.25, 0.3) is 0 Å². The summed E-state index contributed by atoms with van der Waals surface area (Å²) in [4.78, 5) is 0. The molecule has 0 radical (unpaired) electrons. The van der Waals surface area contributed by atoms with E-state index < -0.39 is 0 Å². The summed E-state index contributed by atoms with van der Waals surface area (Å²) in [5.74, 6) is 0.922. The number of ether oxygens (including phenoxy) is 1. The van der Waals surface area contributed by atoms with Crippen LogP contribution in [-0.4, -0.2) is 13.2 Å². The third kappa shape index (κ3) is 4.91. The summed E-state index contributed by atoms with van der Waals surface area (Å²) in [6.45, 7) is 6.01. The molecule has 0 bridgehead atoms. The van der Waals surface area contributed by atoms with Crippen molar-refractivity contribution in [3.63, 3.8) is 0 Å². The van der Waals surface area contributed by atoms with Crippen LogP contribution in [0.15, 0.2) is 54.6 Å². The van der Waals surface area contributed by atoms with Gasteiger partial charge < -0.3 is 10.1 Å². The van der Waals surface area contributed by atoms with Crippen LogP contribution < -0.4 is 10.1 Å². The molecule has 0 fully saturated rings. The van der Waals surface area contributed by atoms with E-state index in [4.69, 9.17) is 4.74 Å². The molecule has 0 amide bonds. The van der Waals surface area contributed by atoms with Crippen molar-refractivity contribution in [2.75, 3.05) is 13.2 Å². The van der Waals surface area contributed by atoms with E-state index in [0.29, 0.717) is 6.61 Å². The second-order valence-corrected chi connectivity index (χ2v) is 5.23. The van der Waals surface area contributed by atoms with Crippen molar-refractivity contribution in [3.05, 3.63) is 65.7 Å². The fraction of sp³-hybridized carbons (Fsp3) is 0.368. The Balaban J connectivity index is 2.02. The van der Waals surface area contributed by atoms with Gasteiger partial charge in [-0.1, -0.05) is 56.3 Å². The van der Waals surface area contributed by atoms with Crippen LogP contribution in [0.4, 0.5) is 0 Å². The van der Waals surface area contributed by atoms with E-state index in [9.17, 15) is 0 Å². The standard InChI is InChI=1S/C19H25NO/c1-3-14-20-19(15-21-18-8-6-5-7-9-18)17-12-10-16(4-2)11-13-17/h5-13,19-20H,3-4,14-15H2,1-2H3. The van der Waals surface area contributed by atoms with Crippen LogP contribution in [0.5, 0.6) is 5.75 Å². The van der Waals surface area contributed by atoms with Gasteiger partial charge in [0.25, 0.3) is 0 Å². The van der Waals surface area contributed by atoms with Gasteiger partial charge in [0.05, 0.1) is 6.04 Å². The van der Waals surface area contributed by atoms with Crippen LogP contribution in [0.3, 0.4) is 0 Å². The molecule has 21 heavy (non-hydrogen) atoms. The molecule has 1 atom stereocenters. The Bertz CT molecular complexity index is 507. The number of aryl methyl sites for hydroxylation is 1. The Morgan fingerprint density at radius 2 is 1.67 bits per heavy atom. The van der Waals surface area contributed by atoms with Gasteiger partial charge in [-0.05, 0) is 42.6 Å². The highest BCUT2D eigenvalue weighted by atomic mass is 16.5. The van der Waals surface area contributed by atoms with Gasteiger partial charge >= 0.3 is 0 Å². The first kappa shape index (κ1) is 15.6. The van der Waals surface area contributed by atoms with Gasteiger partial charge in [-0.15, -0.1) is 0 Å². The summed E-state index contributed by atoms with van der Waals surface area (Å²) in [6, 6.07) is 19.1. The third-order valence-corrected chi connectivity index (χ3v) is 3.59. The summed E-state index contributed by atoms with van der Waals surface area (Å²) in [7, 11) is 0. The number of rotatable bonds is 8. The summed E-state index contributed by atoms with van der Waals surface area (Å²) >= 11 is 0. The summed E-state index contributed by atoms with van der Waals surface area (Å²) < 4.78 is 5.91. The molecule has 112 valence electrons. The predicted molar refractivity (Wildman–Crippen MR) is 88.8 cm³/mol. The van der Waals surface area contributed by atoms with Crippen LogP contribution >= 0.6 is 0 Å². The monoisotopic (exact) mass is 283 g/mol. The minimum absolute atomic E-state index is 0.232. The zero-order valence-corrected chi connectivity index (χ0v) is 13.0. The maximum Gasteiger partial charge on any atom is 0.119 e. The van der Waals surface area contributed by atoms with E-state index in [1.54, 1.807) is 0 Å². The van der Waals surface area contributed by atoms with Gasteiger partial charge in [-0.25, -0.2) is 0 Å². The topological polar surface area (TPSA) is 21.3 Å². The molecule has 0 aromatic heterocycles. The molecular weight excluding hydrogens is 258 g/mol. The highest BCUT2D eigenvalue weighted by Gasteiger charge is 2.11. The Morgan fingerprint density at radius 1 is 0.952 bits per heavy atom. The third-order valence-electron chi connectivity index (χ3n) is 3.59. The molecule has 0 aliphatic heterocycles. The Kier molecular flexibility index (Phi) is 6.29. The second kappa shape index (κ2) is 8.48. The molecule has 1 N–H and O–H groups in total. The summed E-state index contributed by atoms with van der Waals surface area (Å²) in [6.07, 6.45) is 2.20. The van der Waals surface area contributed by atoms with Crippen molar-refractivity contribution >= 4 is 0 Å². The fourth-order valence-corrected chi connectivity index (χ4v) is 2.27. The maximum atomic E-state index is 5.91. The summed E-state index contributed by atoms with van der Waals surface area (Å²) in [5, 5.41) is 3.57. The molecular formula is C19H25NO. The molecule has 1 unspecified atom stereocenters. The minimum Gasteiger partial charge on any atom is -0.492 e. The lowest BCUT2D eigenvalue weighted by Crippen LogP contribution is -2.27. The second-order valence-electron chi connectivity index (χ2n) is 5.23. The lowest BCUT2D eigenvalue weighted by molar-refractivity contribution is 0.266. The van der Waals surface area contributed by atoms with Crippen LogP contribution in [-0.2, 0) is 6.42 Å². The van der Waals surface area contributed by atoms with E-state index in [1.165, 1.54) is 11.1 Å². The quantitative estimate of drug-likeness (QED) is 0.777. The first-order chi connectivity index (χ1) is 10.3. The smallest absolute Gasteiger partial charge is 0.119 e. The molecule has 2 aromatic carbocycles. The van der Waals surface area contributed by atoms with Crippen molar-refractivity contribution in [2.24, 2.45) is 0 Å². The lowest BCUT2D eigenvalue weighted by Gasteiger charge is -2.20. The van der Waals surface area contributed by atoms with E-state index in [1.807, 2.05) is 30.3 Å². The maximum absolute atomic E-state index is 5.91. The zero-order valence-electron chi connectivity index (χ0n) is 13.0. The normalized spacial score (nSPS) is 12.1. The highest BCUT2D eigenvalue weighted by molar-refractivity contribution is 5.26. The molecule has 0 aliphatic rings. The van der Waals surface area contributed by atoms with Crippen LogP contribution in [0.2, 0.25) is 0 Å². The van der Waals surface area contributed by atoms with Gasteiger partial charge in [0.15, 0.2) is 0 Å². The highest BCUT2D eigenvalue weighted by Crippen LogP contribution is 2.17. The number of hydrogen-bond donors (Lipinski definition) is 1. The lowest BCUT2D eigenvalue weighted by atomic mass is 10.0. The first-order valence-corrected chi connectivity index (χ1v) is 7.83. The largest absolute Gasteiger partial charge is 0.492 e. The molecule has 2 nitrogen and oxygen atoms in total. The molecule has 2 rings (SSSR count). The van der Waals surface area contributed by atoms with E-state index >= 15 is 0 Å². The summed E-state index contributed by atoms with van der Waals surface area (Å²) in [5.41, 5.74) is 2.66. The number of hydrogen-bond acceptors (Lipinski definition) is 2. The van der Waals surface area contributed by atoms with Gasteiger partial charge in [-0.3, -0.25) is 0 Å². The molecule has 0 spiro atoms. The van der Waals surface area contributed by atoms with Gasteiger partial charge in [-0.2, -0.15) is 0 Å². The minimum atomic E-state index is 0.232. The van der Waals surface area contributed by atoms with Gasteiger partial charge in [0, 0.05) is 0 Å². The average molecular weight is 283 g/mol. The molecule has 0 saturated heterocycles. The molecule has 0 aliphatic carbocycles. The van der Waals surface area contributed by atoms with E-state index in [-0.39, 0.29) is 6.04 Å². The van der Waals surface area contributed by atoms with Crippen molar-refractivity contribution in [1.82, 2.24) is 5.32 Å². The number of para-hydroxylation sites is 1. The van der Waals surface area contributed by atoms with Crippen molar-refractivity contribution in [3.8, 4) is 5.75 Å². The van der Waals surface area contributed by atoms with E-state index in [0.717, 1.165) is 25.1 Å². The van der Waals surface area contributed by atoms with Crippen molar-refractivity contribution in [1.29, 1.82) is 0 Å². The zero-order chi connectivity index (χ0) is 14.9. The molecule has 0 heterocycles. The van der Waals surface area contributed by atoms with Crippen LogP contribution in [0, 0.1) is 0 Å². The van der Waals surface area contributed by atoms with E-state index in [2.05, 4.69) is 43.4 Å². The molecule has 0 saturated carbocycles. The number of nitrogens with one attached hydrogen (secondary N) is 1. The Labute approximate surface area is 128 Å². The molecule has 2 heteroatoms. The van der Waals surface area contributed by atoms with Crippen molar-refractivity contribution < 1.29 is 4.74 Å². The van der Waals surface area contributed by atoms with Gasteiger partial charge in [0.2, 0.25) is 0 Å². The molecule has 2 aromatic rings. The number of benzene rings is 2. The Hall–Kier alpha value is -1.80. The Morgan fingerprint density at radius 3 is 2.29 bits per heavy atom.